The van der Waals surface area contributed by atoms with E-state index in [4.69, 9.17) is 14.2 Å². The summed E-state index contributed by atoms with van der Waals surface area (Å²) < 4.78 is 21.8. The third kappa shape index (κ3) is 5.77. The first kappa shape index (κ1) is 26.2. The second kappa shape index (κ2) is 12.4. The molecule has 0 unspecified atom stereocenters. The number of aromatic nitrogens is 2. The predicted octanol–water partition coefficient (Wildman–Crippen LogP) is 6.51. The van der Waals surface area contributed by atoms with Crippen LogP contribution in [0.2, 0.25) is 0 Å². The molecule has 0 amide bonds. The number of methoxy groups -OCH3 is 1. The molecule has 0 N–H and O–H groups in total. The lowest BCUT2D eigenvalue weighted by Crippen LogP contribution is -2.39. The molecular formula is C35H35N2O3+. The van der Waals surface area contributed by atoms with Crippen LogP contribution < -0.4 is 4.57 Å². The SMILES string of the molecule is COCCOCCOCc1n(Cc2ccc3ccccc3c2)c2ccccc2[n+]1Cc1ccc2ccccc2c1. The van der Waals surface area contributed by atoms with Crippen molar-refractivity contribution in [3.05, 3.63) is 126 Å². The van der Waals surface area contributed by atoms with Crippen molar-refractivity contribution in [2.75, 3.05) is 33.5 Å². The van der Waals surface area contributed by atoms with E-state index in [1.807, 2.05) is 0 Å². The lowest BCUT2D eigenvalue weighted by atomic mass is 10.1. The first-order valence-electron chi connectivity index (χ1n) is 13.9. The molecule has 0 aliphatic rings. The standard InChI is InChI=1S/C35H35N2O3/c1-38-18-19-39-20-21-40-26-35-36(24-27-14-16-29-8-2-4-10-31(29)22-27)33-12-6-7-13-34(33)37(35)25-28-15-17-30-9-3-5-11-32(30)23-28/h2-17,22-23H,18-21,24-26H2,1H3/q+1. The third-order valence-electron chi connectivity index (χ3n) is 7.43. The van der Waals surface area contributed by atoms with Gasteiger partial charge >= 0.3 is 0 Å². The Morgan fingerprint density at radius 2 is 1.20 bits per heavy atom. The van der Waals surface area contributed by atoms with Crippen LogP contribution >= 0.6 is 0 Å². The van der Waals surface area contributed by atoms with Crippen molar-refractivity contribution in [1.29, 1.82) is 0 Å². The van der Waals surface area contributed by atoms with Crippen LogP contribution in [0.5, 0.6) is 0 Å². The Hall–Kier alpha value is -4.03. The van der Waals surface area contributed by atoms with Crippen molar-refractivity contribution in [3.63, 3.8) is 0 Å². The van der Waals surface area contributed by atoms with Gasteiger partial charge in [-0.25, -0.2) is 9.13 Å². The van der Waals surface area contributed by atoms with Gasteiger partial charge < -0.3 is 14.2 Å². The summed E-state index contributed by atoms with van der Waals surface area (Å²) in [5, 5.41) is 5.03. The van der Waals surface area contributed by atoms with Gasteiger partial charge in [-0.1, -0.05) is 84.9 Å². The normalized spacial score (nSPS) is 11.6. The summed E-state index contributed by atoms with van der Waals surface area (Å²) in [4.78, 5) is 0. The van der Waals surface area contributed by atoms with Crippen LogP contribution in [0.1, 0.15) is 17.0 Å². The van der Waals surface area contributed by atoms with E-state index in [1.165, 1.54) is 43.7 Å². The summed E-state index contributed by atoms with van der Waals surface area (Å²) in [7, 11) is 1.68. The number of hydrogen-bond donors (Lipinski definition) is 0. The second-order valence-corrected chi connectivity index (χ2v) is 10.1. The summed E-state index contributed by atoms with van der Waals surface area (Å²) in [5.74, 6) is 1.14. The highest BCUT2D eigenvalue weighted by molar-refractivity contribution is 5.84. The Morgan fingerprint density at radius 3 is 1.95 bits per heavy atom. The highest BCUT2D eigenvalue weighted by atomic mass is 16.5. The monoisotopic (exact) mass is 531 g/mol. The van der Waals surface area contributed by atoms with Crippen LogP contribution in [-0.4, -0.2) is 38.1 Å². The van der Waals surface area contributed by atoms with Crippen LogP contribution in [-0.2, 0) is 33.9 Å². The van der Waals surface area contributed by atoms with Crippen LogP contribution in [0.25, 0.3) is 32.6 Å². The Kier molecular flexibility index (Phi) is 8.15. The molecule has 0 aliphatic heterocycles. The molecule has 5 heteroatoms. The highest BCUT2D eigenvalue weighted by Gasteiger charge is 2.25. The molecule has 6 rings (SSSR count). The van der Waals surface area contributed by atoms with Gasteiger partial charge in [0.05, 0.1) is 26.4 Å². The van der Waals surface area contributed by atoms with Crippen LogP contribution in [0.3, 0.4) is 0 Å². The average molecular weight is 532 g/mol. The fraction of sp³-hybridized carbons (Fsp3) is 0.229. The lowest BCUT2D eigenvalue weighted by Gasteiger charge is -2.09. The number of ether oxygens (including phenoxy) is 3. The van der Waals surface area contributed by atoms with E-state index in [0.29, 0.717) is 33.0 Å². The molecule has 1 aromatic heterocycles. The lowest BCUT2D eigenvalue weighted by molar-refractivity contribution is -0.673. The van der Waals surface area contributed by atoms with Crippen molar-refractivity contribution in [3.8, 4) is 0 Å². The Balaban J connectivity index is 1.36. The fourth-order valence-electron chi connectivity index (χ4n) is 5.42. The average Bonchev–Trinajstić information content (AvgIpc) is 3.28. The van der Waals surface area contributed by atoms with E-state index >= 15 is 0 Å². The van der Waals surface area contributed by atoms with Gasteiger partial charge in [0.15, 0.2) is 11.0 Å². The molecule has 0 fully saturated rings. The maximum absolute atomic E-state index is 6.22. The molecule has 0 atom stereocenters. The number of fused-ring (bicyclic) bond motifs is 3. The van der Waals surface area contributed by atoms with Gasteiger partial charge in [0.25, 0.3) is 5.82 Å². The van der Waals surface area contributed by atoms with E-state index in [-0.39, 0.29) is 0 Å². The van der Waals surface area contributed by atoms with Crippen molar-refractivity contribution in [2.45, 2.75) is 19.7 Å². The van der Waals surface area contributed by atoms with E-state index in [9.17, 15) is 0 Å². The third-order valence-corrected chi connectivity index (χ3v) is 7.43. The number of imidazole rings is 1. The molecule has 0 saturated heterocycles. The maximum Gasteiger partial charge on any atom is 0.284 e. The topological polar surface area (TPSA) is 36.5 Å². The van der Waals surface area contributed by atoms with Gasteiger partial charge in [0.1, 0.15) is 19.7 Å². The summed E-state index contributed by atoms with van der Waals surface area (Å²) in [5.41, 5.74) is 4.93. The maximum atomic E-state index is 6.22. The molecule has 6 aromatic rings. The van der Waals surface area contributed by atoms with Gasteiger partial charge in [0, 0.05) is 7.11 Å². The zero-order valence-corrected chi connectivity index (χ0v) is 23.0. The molecule has 5 nitrogen and oxygen atoms in total. The second-order valence-electron chi connectivity index (χ2n) is 10.1. The van der Waals surface area contributed by atoms with Crippen molar-refractivity contribution in [2.24, 2.45) is 0 Å². The first-order valence-corrected chi connectivity index (χ1v) is 13.9. The molecule has 202 valence electrons. The molecular weight excluding hydrogens is 496 g/mol. The van der Waals surface area contributed by atoms with Gasteiger partial charge in [0.2, 0.25) is 0 Å². The first-order chi connectivity index (χ1) is 19.8. The van der Waals surface area contributed by atoms with E-state index in [1.54, 1.807) is 7.11 Å². The van der Waals surface area contributed by atoms with Crippen molar-refractivity contribution >= 4 is 32.6 Å². The zero-order chi connectivity index (χ0) is 27.1. The minimum absolute atomic E-state index is 0.490. The molecule has 0 saturated carbocycles. The summed E-state index contributed by atoms with van der Waals surface area (Å²) in [6.45, 7) is 4.24. The molecule has 0 radical (unpaired) electrons. The molecule has 0 aliphatic carbocycles. The quantitative estimate of drug-likeness (QED) is 0.133. The number of rotatable bonds is 12. The molecule has 0 spiro atoms. The highest BCUT2D eigenvalue weighted by Crippen LogP contribution is 2.22. The van der Waals surface area contributed by atoms with Gasteiger partial charge in [-0.3, -0.25) is 0 Å². The van der Waals surface area contributed by atoms with Crippen LogP contribution in [0, 0.1) is 0 Å². The Bertz CT molecular complexity index is 1620. The minimum atomic E-state index is 0.490. The van der Waals surface area contributed by atoms with Crippen LogP contribution in [0.4, 0.5) is 0 Å². The molecule has 40 heavy (non-hydrogen) atoms. The fourth-order valence-corrected chi connectivity index (χ4v) is 5.42. The van der Waals surface area contributed by atoms with E-state index in [2.05, 4.69) is 118 Å². The van der Waals surface area contributed by atoms with E-state index in [0.717, 1.165) is 18.9 Å². The number of benzene rings is 5. The number of para-hydroxylation sites is 2. The minimum Gasteiger partial charge on any atom is -0.382 e. The number of hydrogen-bond acceptors (Lipinski definition) is 3. The zero-order valence-electron chi connectivity index (χ0n) is 23.0. The Morgan fingerprint density at radius 1 is 0.600 bits per heavy atom. The van der Waals surface area contributed by atoms with E-state index < -0.39 is 0 Å². The number of nitrogens with zero attached hydrogens (tertiary/aromatic N) is 2. The summed E-state index contributed by atoms with van der Waals surface area (Å²) in [6, 6.07) is 39.2. The molecule has 1 heterocycles. The van der Waals surface area contributed by atoms with Gasteiger partial charge in [-0.2, -0.15) is 0 Å². The molecule has 0 bridgehead atoms. The van der Waals surface area contributed by atoms with Gasteiger partial charge in [-0.05, 0) is 56.9 Å². The van der Waals surface area contributed by atoms with Crippen LogP contribution in [0.15, 0.2) is 109 Å². The molecule has 5 aromatic carbocycles. The summed E-state index contributed by atoms with van der Waals surface area (Å²) in [6.07, 6.45) is 0. The smallest absolute Gasteiger partial charge is 0.284 e. The van der Waals surface area contributed by atoms with Crippen molar-refractivity contribution < 1.29 is 18.8 Å². The summed E-state index contributed by atoms with van der Waals surface area (Å²) >= 11 is 0. The largest absolute Gasteiger partial charge is 0.382 e. The predicted molar refractivity (Wildman–Crippen MR) is 161 cm³/mol. The Labute approximate surface area is 235 Å². The van der Waals surface area contributed by atoms with Crippen molar-refractivity contribution in [1.82, 2.24) is 4.57 Å². The van der Waals surface area contributed by atoms with Gasteiger partial charge in [-0.15, -0.1) is 0 Å².